The van der Waals surface area contributed by atoms with Gasteiger partial charge in [-0.2, -0.15) is 0 Å². The zero-order valence-electron chi connectivity index (χ0n) is 8.21. The summed E-state index contributed by atoms with van der Waals surface area (Å²) in [6, 6.07) is 1.33. The minimum Gasteiger partial charge on any atom is -0.300 e. The molecule has 3 nitrogen and oxygen atoms in total. The Morgan fingerprint density at radius 2 is 2.27 bits per heavy atom. The molecule has 0 aliphatic heterocycles. The summed E-state index contributed by atoms with van der Waals surface area (Å²) in [5.74, 6) is -0.605. The van der Waals surface area contributed by atoms with Crippen LogP contribution in [0.25, 0.3) is 5.65 Å². The molecule has 0 fully saturated rings. The lowest BCUT2D eigenvalue weighted by Crippen LogP contribution is -1.95. The highest BCUT2D eigenvalue weighted by molar-refractivity contribution is 9.10. The van der Waals surface area contributed by atoms with Crippen molar-refractivity contribution < 1.29 is 9.18 Å². The fourth-order valence-corrected chi connectivity index (χ4v) is 1.93. The molecular formula is C10H8BrFN2O. The lowest BCUT2D eigenvalue weighted by molar-refractivity contribution is 0.101. The SMILES string of the molecule is CC(=O)c1nc2c(F)cc(Br)cn2c1C. The molecule has 0 bridgehead atoms. The van der Waals surface area contributed by atoms with Crippen LogP contribution in [0.15, 0.2) is 16.7 Å². The summed E-state index contributed by atoms with van der Waals surface area (Å²) in [5, 5.41) is 0. The number of nitrogens with zero attached hydrogens (tertiary/aromatic N) is 2. The van der Waals surface area contributed by atoms with Gasteiger partial charge in [-0.05, 0) is 28.9 Å². The summed E-state index contributed by atoms with van der Waals surface area (Å²) in [6.45, 7) is 3.16. The first-order valence-corrected chi connectivity index (χ1v) is 5.14. The fraction of sp³-hybridized carbons (Fsp3) is 0.200. The van der Waals surface area contributed by atoms with Crippen LogP contribution in [0, 0.1) is 12.7 Å². The number of pyridine rings is 1. The molecule has 0 spiro atoms. The van der Waals surface area contributed by atoms with Crippen LogP contribution in [0.3, 0.4) is 0 Å². The summed E-state index contributed by atoms with van der Waals surface area (Å²) in [6.07, 6.45) is 1.69. The molecule has 0 aliphatic rings. The monoisotopic (exact) mass is 270 g/mol. The molecule has 0 aliphatic carbocycles. The van der Waals surface area contributed by atoms with E-state index < -0.39 is 5.82 Å². The van der Waals surface area contributed by atoms with Gasteiger partial charge in [0.1, 0.15) is 5.69 Å². The van der Waals surface area contributed by atoms with E-state index in [1.54, 1.807) is 17.5 Å². The highest BCUT2D eigenvalue weighted by Gasteiger charge is 2.15. The van der Waals surface area contributed by atoms with Crippen LogP contribution in [0.1, 0.15) is 23.1 Å². The van der Waals surface area contributed by atoms with Crippen molar-refractivity contribution in [2.75, 3.05) is 0 Å². The fourth-order valence-electron chi connectivity index (χ4n) is 1.52. The first-order valence-electron chi connectivity index (χ1n) is 4.35. The molecule has 0 N–H and O–H groups in total. The number of ketones is 1. The summed E-state index contributed by atoms with van der Waals surface area (Å²) in [5.41, 5.74) is 1.14. The molecule has 0 unspecified atom stereocenters. The van der Waals surface area contributed by atoms with E-state index in [0.29, 0.717) is 15.9 Å². The van der Waals surface area contributed by atoms with Crippen molar-refractivity contribution in [3.05, 3.63) is 33.9 Å². The standard InChI is InChI=1S/C10H8BrFN2O/c1-5-9(6(2)15)13-10-8(12)3-7(11)4-14(5)10/h3-4H,1-2H3. The maximum atomic E-state index is 13.5. The maximum absolute atomic E-state index is 13.5. The van der Waals surface area contributed by atoms with E-state index in [2.05, 4.69) is 20.9 Å². The summed E-state index contributed by atoms with van der Waals surface area (Å²) >= 11 is 3.19. The number of aryl methyl sites for hydroxylation is 1. The lowest BCUT2D eigenvalue weighted by atomic mass is 10.3. The Morgan fingerprint density at radius 3 is 2.87 bits per heavy atom. The molecule has 0 saturated heterocycles. The van der Waals surface area contributed by atoms with Gasteiger partial charge in [-0.3, -0.25) is 4.79 Å². The first kappa shape index (κ1) is 10.3. The predicted octanol–water partition coefficient (Wildman–Crippen LogP) is 2.75. The Hall–Kier alpha value is -1.23. The highest BCUT2D eigenvalue weighted by atomic mass is 79.9. The summed E-state index contributed by atoms with van der Waals surface area (Å²) < 4.78 is 15.7. The van der Waals surface area contributed by atoms with Crippen molar-refractivity contribution in [3.63, 3.8) is 0 Å². The van der Waals surface area contributed by atoms with Crippen molar-refractivity contribution in [1.82, 2.24) is 9.38 Å². The maximum Gasteiger partial charge on any atom is 0.179 e. The molecule has 0 saturated carbocycles. The van der Waals surface area contributed by atoms with E-state index in [9.17, 15) is 9.18 Å². The number of hydrogen-bond acceptors (Lipinski definition) is 2. The third-order valence-corrected chi connectivity index (χ3v) is 2.65. The molecular weight excluding hydrogens is 263 g/mol. The van der Waals surface area contributed by atoms with Gasteiger partial charge in [0, 0.05) is 17.6 Å². The Morgan fingerprint density at radius 1 is 1.60 bits per heavy atom. The molecule has 0 amide bonds. The molecule has 2 heterocycles. The van der Waals surface area contributed by atoms with Crippen molar-refractivity contribution in [1.29, 1.82) is 0 Å². The minimum absolute atomic E-state index is 0.160. The zero-order chi connectivity index (χ0) is 11.2. The third-order valence-electron chi connectivity index (χ3n) is 2.21. The smallest absolute Gasteiger partial charge is 0.179 e. The first-order chi connectivity index (χ1) is 7.00. The van der Waals surface area contributed by atoms with Crippen LogP contribution in [0.4, 0.5) is 4.39 Å². The van der Waals surface area contributed by atoms with Gasteiger partial charge in [0.2, 0.25) is 0 Å². The Bertz CT molecular complexity index is 562. The molecule has 0 atom stereocenters. The molecule has 2 aromatic rings. The van der Waals surface area contributed by atoms with Crippen LogP contribution in [0.2, 0.25) is 0 Å². The van der Waals surface area contributed by atoms with Crippen LogP contribution in [0.5, 0.6) is 0 Å². The quantitative estimate of drug-likeness (QED) is 0.747. The van der Waals surface area contributed by atoms with Crippen LogP contribution in [-0.4, -0.2) is 15.2 Å². The lowest BCUT2D eigenvalue weighted by Gasteiger charge is -1.98. The number of imidazole rings is 1. The Labute approximate surface area is 94.1 Å². The third kappa shape index (κ3) is 1.56. The van der Waals surface area contributed by atoms with Crippen molar-refractivity contribution >= 4 is 27.4 Å². The largest absolute Gasteiger partial charge is 0.300 e. The number of fused-ring (bicyclic) bond motifs is 1. The van der Waals surface area contributed by atoms with E-state index in [0.717, 1.165) is 0 Å². The average Bonchev–Trinajstić information content (AvgIpc) is 2.44. The van der Waals surface area contributed by atoms with E-state index in [4.69, 9.17) is 0 Å². The van der Waals surface area contributed by atoms with Gasteiger partial charge in [0.05, 0.1) is 5.69 Å². The van der Waals surface area contributed by atoms with Gasteiger partial charge >= 0.3 is 0 Å². The number of rotatable bonds is 1. The van der Waals surface area contributed by atoms with E-state index >= 15 is 0 Å². The number of halogens is 2. The molecule has 0 aromatic carbocycles. The topological polar surface area (TPSA) is 34.4 Å². The second kappa shape index (κ2) is 3.41. The second-order valence-corrected chi connectivity index (χ2v) is 4.22. The van der Waals surface area contributed by atoms with Gasteiger partial charge in [0.15, 0.2) is 17.2 Å². The van der Waals surface area contributed by atoms with Crippen molar-refractivity contribution in [2.45, 2.75) is 13.8 Å². The number of carbonyl (C=O) groups is 1. The normalized spacial score (nSPS) is 10.9. The highest BCUT2D eigenvalue weighted by Crippen LogP contribution is 2.19. The van der Waals surface area contributed by atoms with Gasteiger partial charge < -0.3 is 4.40 Å². The van der Waals surface area contributed by atoms with Crippen LogP contribution >= 0.6 is 15.9 Å². The van der Waals surface area contributed by atoms with Gasteiger partial charge in [-0.1, -0.05) is 0 Å². The number of carbonyl (C=O) groups excluding carboxylic acids is 1. The van der Waals surface area contributed by atoms with E-state index in [1.165, 1.54) is 13.0 Å². The van der Waals surface area contributed by atoms with E-state index in [-0.39, 0.29) is 11.4 Å². The molecule has 0 radical (unpaired) electrons. The Kier molecular flexibility index (Phi) is 2.34. The van der Waals surface area contributed by atoms with Crippen molar-refractivity contribution in [3.8, 4) is 0 Å². The number of aromatic nitrogens is 2. The predicted molar refractivity (Wildman–Crippen MR) is 57.6 cm³/mol. The average molecular weight is 271 g/mol. The second-order valence-electron chi connectivity index (χ2n) is 3.30. The Balaban J connectivity index is 2.88. The molecule has 5 heteroatoms. The molecule has 2 rings (SSSR count). The van der Waals surface area contributed by atoms with Gasteiger partial charge in [-0.25, -0.2) is 9.37 Å². The van der Waals surface area contributed by atoms with E-state index in [1.807, 2.05) is 0 Å². The van der Waals surface area contributed by atoms with Crippen molar-refractivity contribution in [2.24, 2.45) is 0 Å². The zero-order valence-corrected chi connectivity index (χ0v) is 9.80. The molecule has 15 heavy (non-hydrogen) atoms. The summed E-state index contributed by atoms with van der Waals surface area (Å²) in [7, 11) is 0. The molecule has 78 valence electrons. The number of hydrogen-bond donors (Lipinski definition) is 0. The summed E-state index contributed by atoms with van der Waals surface area (Å²) in [4.78, 5) is 15.2. The van der Waals surface area contributed by atoms with Gasteiger partial charge in [-0.15, -0.1) is 0 Å². The van der Waals surface area contributed by atoms with Crippen LogP contribution < -0.4 is 0 Å². The van der Waals surface area contributed by atoms with Crippen LogP contribution in [-0.2, 0) is 0 Å². The molecule has 2 aromatic heterocycles. The van der Waals surface area contributed by atoms with Gasteiger partial charge in [0.25, 0.3) is 0 Å². The number of Topliss-reactive ketones (excluding diaryl/α,β-unsaturated/α-hetero) is 1. The minimum atomic E-state index is -0.444.